The largest absolute Gasteiger partial charge is 0.493 e. The van der Waals surface area contributed by atoms with Crippen LogP contribution >= 0.6 is 0 Å². The second kappa shape index (κ2) is 3.97. The summed E-state index contributed by atoms with van der Waals surface area (Å²) in [4.78, 5) is 0. The van der Waals surface area contributed by atoms with Gasteiger partial charge in [0.1, 0.15) is 6.61 Å². The maximum atomic E-state index is 8.81. The molecule has 0 unspecified atom stereocenters. The molecule has 1 aromatic carbocycles. The first kappa shape index (κ1) is 8.87. The topological polar surface area (TPSA) is 38.7 Å². The predicted octanol–water partition coefficient (Wildman–Crippen LogP) is 1.59. The maximum Gasteiger partial charge on any atom is 0.166 e. The monoisotopic (exact) mass is 167 g/mol. The Morgan fingerprint density at radius 2 is 2.00 bits per heavy atom. The van der Waals surface area contributed by atoms with Gasteiger partial charge in [-0.05, 0) is 6.07 Å². The van der Waals surface area contributed by atoms with Gasteiger partial charge >= 0.3 is 0 Å². The van der Waals surface area contributed by atoms with Crippen LogP contribution < -0.4 is 9.47 Å². The quantitative estimate of drug-likeness (QED) is 0.742. The lowest BCUT2D eigenvalue weighted by molar-refractivity contribution is 0.344. The zero-order valence-electron chi connectivity index (χ0n) is 7.07. The highest BCUT2D eigenvalue weighted by Crippen LogP contribution is 2.30. The molecule has 0 aliphatic heterocycles. The summed E-state index contributed by atoms with van der Waals surface area (Å²) in [5.74, 6) is 1.16. The van der Waals surface area contributed by atoms with E-state index in [2.05, 4.69) is 0 Å². The van der Waals surface area contributed by atoms with Crippen LogP contribution in [0.2, 0.25) is 0 Å². The molecule has 3 nitrogen and oxygen atoms in total. The van der Waals surface area contributed by atoms with Gasteiger partial charge in [-0.1, -0.05) is 12.1 Å². The molecule has 3 heteroatoms. The van der Waals surface area contributed by atoms with Crippen LogP contribution in [0.15, 0.2) is 18.2 Å². The van der Waals surface area contributed by atoms with Gasteiger partial charge in [0.25, 0.3) is 0 Å². The predicted molar refractivity (Wildman–Crippen MR) is 44.9 cm³/mol. The Morgan fingerprint density at radius 1 is 1.25 bits per heavy atom. The minimum atomic E-state index is 0.544. The summed E-state index contributed by atoms with van der Waals surface area (Å²) >= 11 is 0. The highest BCUT2D eigenvalue weighted by molar-refractivity contribution is 5.48. The van der Waals surface area contributed by atoms with Crippen LogP contribution in [-0.4, -0.2) is 19.3 Å². The number of aliphatic hydroxyl groups excluding tert-OH is 1. The Bertz CT molecular complexity index is 236. The zero-order valence-corrected chi connectivity index (χ0v) is 7.07. The van der Waals surface area contributed by atoms with Crippen molar-refractivity contribution in [1.29, 1.82) is 0 Å². The summed E-state index contributed by atoms with van der Waals surface area (Å²) in [7, 11) is 3.09. The van der Waals surface area contributed by atoms with Gasteiger partial charge in [0, 0.05) is 5.56 Å². The molecule has 12 heavy (non-hydrogen) atoms. The lowest BCUT2D eigenvalue weighted by Crippen LogP contribution is -1.94. The smallest absolute Gasteiger partial charge is 0.166 e. The van der Waals surface area contributed by atoms with Gasteiger partial charge in [0.15, 0.2) is 11.5 Å². The molecule has 0 amide bonds. The molecule has 1 N–H and O–H groups in total. The van der Waals surface area contributed by atoms with Crippen LogP contribution in [-0.2, 0) is 0 Å². The number of methoxy groups -OCH3 is 2. The summed E-state index contributed by atoms with van der Waals surface area (Å²) in [6, 6.07) is 5.29. The normalized spacial score (nSPS) is 9.58. The van der Waals surface area contributed by atoms with E-state index in [-0.39, 0.29) is 0 Å². The van der Waals surface area contributed by atoms with E-state index in [1.54, 1.807) is 25.3 Å². The van der Waals surface area contributed by atoms with Crippen LogP contribution in [0, 0.1) is 6.61 Å². The molecule has 0 fully saturated rings. The molecular formula is C9H11O3. The number of rotatable bonds is 3. The van der Waals surface area contributed by atoms with E-state index in [1.807, 2.05) is 0 Å². The summed E-state index contributed by atoms with van der Waals surface area (Å²) < 4.78 is 10.1. The molecular weight excluding hydrogens is 156 g/mol. The Balaban J connectivity index is 3.13. The van der Waals surface area contributed by atoms with Crippen molar-refractivity contribution in [3.8, 4) is 11.5 Å². The molecule has 0 heterocycles. The molecule has 0 saturated heterocycles. The van der Waals surface area contributed by atoms with Crippen molar-refractivity contribution in [2.24, 2.45) is 0 Å². The molecule has 0 saturated carbocycles. The molecule has 1 rings (SSSR count). The molecule has 1 radical (unpaired) electrons. The van der Waals surface area contributed by atoms with Crippen LogP contribution in [0.3, 0.4) is 0 Å². The van der Waals surface area contributed by atoms with Crippen LogP contribution in [0.5, 0.6) is 11.5 Å². The van der Waals surface area contributed by atoms with E-state index < -0.39 is 0 Å². The van der Waals surface area contributed by atoms with Crippen LogP contribution in [0.1, 0.15) is 5.56 Å². The second-order valence-electron chi connectivity index (χ2n) is 2.21. The highest BCUT2D eigenvalue weighted by atomic mass is 16.5. The Kier molecular flexibility index (Phi) is 2.94. The van der Waals surface area contributed by atoms with Gasteiger partial charge in [0.05, 0.1) is 14.2 Å². The minimum Gasteiger partial charge on any atom is -0.493 e. The van der Waals surface area contributed by atoms with Crippen molar-refractivity contribution in [3.05, 3.63) is 30.4 Å². The first-order chi connectivity index (χ1) is 5.83. The van der Waals surface area contributed by atoms with Gasteiger partial charge in [-0.2, -0.15) is 0 Å². The molecule has 0 bridgehead atoms. The van der Waals surface area contributed by atoms with E-state index in [4.69, 9.17) is 14.6 Å². The third-order valence-corrected chi connectivity index (χ3v) is 1.57. The molecule has 65 valence electrons. The van der Waals surface area contributed by atoms with Gasteiger partial charge in [-0.15, -0.1) is 0 Å². The molecule has 0 aliphatic rings. The second-order valence-corrected chi connectivity index (χ2v) is 2.21. The summed E-state index contributed by atoms with van der Waals surface area (Å²) in [6.45, 7) is 0.987. The Hall–Kier alpha value is -1.22. The van der Waals surface area contributed by atoms with Crippen molar-refractivity contribution in [2.45, 2.75) is 0 Å². The number of hydrogen-bond acceptors (Lipinski definition) is 3. The standard InChI is InChI=1S/C9H11O3/c1-11-8-5-3-4-7(6-10)9(8)12-2/h3-6,10H,1-2H3. The maximum absolute atomic E-state index is 8.81. The van der Waals surface area contributed by atoms with E-state index in [9.17, 15) is 0 Å². The molecule has 0 spiro atoms. The van der Waals surface area contributed by atoms with Crippen molar-refractivity contribution >= 4 is 0 Å². The third-order valence-electron chi connectivity index (χ3n) is 1.57. The fourth-order valence-electron chi connectivity index (χ4n) is 1.01. The molecule has 1 aromatic rings. The SMILES string of the molecule is COc1cccc([CH]O)c1OC. The van der Waals surface area contributed by atoms with Gasteiger partial charge in [-0.25, -0.2) is 0 Å². The average Bonchev–Trinajstić information content (AvgIpc) is 2.16. The Morgan fingerprint density at radius 3 is 2.50 bits per heavy atom. The highest BCUT2D eigenvalue weighted by Gasteiger charge is 2.07. The summed E-state index contributed by atoms with van der Waals surface area (Å²) in [5, 5.41) is 8.81. The number of para-hydroxylation sites is 1. The first-order valence-corrected chi connectivity index (χ1v) is 3.52. The number of aliphatic hydroxyl groups is 1. The lowest BCUT2D eigenvalue weighted by Gasteiger charge is -2.09. The van der Waals surface area contributed by atoms with Crippen LogP contribution in [0.4, 0.5) is 0 Å². The van der Waals surface area contributed by atoms with Crippen molar-refractivity contribution in [3.63, 3.8) is 0 Å². The van der Waals surface area contributed by atoms with E-state index in [1.165, 1.54) is 7.11 Å². The molecule has 0 aromatic heterocycles. The van der Waals surface area contributed by atoms with Crippen molar-refractivity contribution in [2.75, 3.05) is 14.2 Å². The lowest BCUT2D eigenvalue weighted by atomic mass is 10.2. The van der Waals surface area contributed by atoms with Gasteiger partial charge in [0.2, 0.25) is 0 Å². The number of benzene rings is 1. The average molecular weight is 167 g/mol. The zero-order chi connectivity index (χ0) is 8.97. The van der Waals surface area contributed by atoms with E-state index >= 15 is 0 Å². The van der Waals surface area contributed by atoms with Crippen LogP contribution in [0.25, 0.3) is 0 Å². The summed E-state index contributed by atoms with van der Waals surface area (Å²) in [5.41, 5.74) is 0.608. The van der Waals surface area contributed by atoms with E-state index in [0.29, 0.717) is 17.1 Å². The minimum absolute atomic E-state index is 0.544. The van der Waals surface area contributed by atoms with Crippen molar-refractivity contribution in [1.82, 2.24) is 0 Å². The molecule has 0 atom stereocenters. The van der Waals surface area contributed by atoms with E-state index in [0.717, 1.165) is 6.61 Å². The fraction of sp³-hybridized carbons (Fsp3) is 0.222. The first-order valence-electron chi connectivity index (χ1n) is 3.52. The van der Waals surface area contributed by atoms with Gasteiger partial charge < -0.3 is 14.6 Å². The van der Waals surface area contributed by atoms with Gasteiger partial charge in [-0.3, -0.25) is 0 Å². The number of ether oxygens (including phenoxy) is 2. The number of hydrogen-bond donors (Lipinski definition) is 1. The third kappa shape index (κ3) is 1.51. The summed E-state index contributed by atoms with van der Waals surface area (Å²) in [6.07, 6.45) is 0. The van der Waals surface area contributed by atoms with Crippen molar-refractivity contribution < 1.29 is 14.6 Å². The fourth-order valence-corrected chi connectivity index (χ4v) is 1.01. The molecule has 0 aliphatic carbocycles. The Labute approximate surface area is 71.5 Å².